The number of nitrogens with one attached hydrogen (secondary N) is 1. The van der Waals surface area contributed by atoms with Gasteiger partial charge in [-0.2, -0.15) is 0 Å². The number of ether oxygens (including phenoxy) is 1. The van der Waals surface area contributed by atoms with E-state index in [0.717, 1.165) is 24.9 Å². The maximum Gasteiger partial charge on any atom is 0.348 e. The molecule has 24 heavy (non-hydrogen) atoms. The van der Waals surface area contributed by atoms with E-state index < -0.39 is 5.97 Å². The van der Waals surface area contributed by atoms with Crippen molar-refractivity contribution < 1.29 is 14.3 Å². The molecule has 2 aromatic rings. The van der Waals surface area contributed by atoms with Crippen LogP contribution in [-0.4, -0.2) is 32.6 Å². The number of rotatable bonds is 5. The number of hydrogen-bond donors (Lipinski definition) is 1. The second-order valence-corrected chi connectivity index (χ2v) is 7.11. The second-order valence-electron chi connectivity index (χ2n) is 5.98. The second kappa shape index (κ2) is 7.05. The zero-order valence-corrected chi connectivity index (χ0v) is 14.6. The predicted octanol–water partition coefficient (Wildman–Crippen LogP) is 3.10. The average molecular weight is 344 g/mol. The highest BCUT2D eigenvalue weighted by atomic mass is 32.1. The summed E-state index contributed by atoms with van der Waals surface area (Å²) in [6.45, 7) is -0.281. The summed E-state index contributed by atoms with van der Waals surface area (Å²) < 4.78 is 5.11. The van der Waals surface area contributed by atoms with Crippen molar-refractivity contribution in [3.63, 3.8) is 0 Å². The molecule has 1 aromatic carbocycles. The van der Waals surface area contributed by atoms with Crippen LogP contribution in [0, 0.1) is 0 Å². The van der Waals surface area contributed by atoms with Crippen LogP contribution < -0.4 is 10.2 Å². The summed E-state index contributed by atoms with van der Waals surface area (Å²) in [5.41, 5.74) is 2.97. The third-order valence-electron chi connectivity index (χ3n) is 3.95. The molecule has 3 rings (SSSR count). The minimum Gasteiger partial charge on any atom is -0.451 e. The molecule has 0 saturated heterocycles. The largest absolute Gasteiger partial charge is 0.451 e. The molecule has 0 bridgehead atoms. The molecule has 0 fully saturated rings. The Morgan fingerprint density at radius 1 is 1.21 bits per heavy atom. The maximum atomic E-state index is 12.0. The molecule has 1 amide bonds. The Bertz CT molecular complexity index is 729. The molecule has 5 nitrogen and oxygen atoms in total. The average Bonchev–Trinajstić information content (AvgIpc) is 3.14. The third kappa shape index (κ3) is 3.76. The summed E-state index contributed by atoms with van der Waals surface area (Å²) in [5, 5.41) is 2.72. The van der Waals surface area contributed by atoms with E-state index in [1.807, 2.05) is 49.3 Å². The van der Waals surface area contributed by atoms with E-state index in [0.29, 0.717) is 10.6 Å². The first-order valence-corrected chi connectivity index (χ1v) is 8.70. The SMILES string of the molecule is CN(C)c1ccc(NC(=O)COC(=O)c2cc3c(s2)CCC3)cc1. The van der Waals surface area contributed by atoms with E-state index >= 15 is 0 Å². The lowest BCUT2D eigenvalue weighted by atomic mass is 10.2. The zero-order valence-electron chi connectivity index (χ0n) is 13.8. The van der Waals surface area contributed by atoms with Gasteiger partial charge in [0.2, 0.25) is 0 Å². The van der Waals surface area contributed by atoms with Crippen LogP contribution in [0.2, 0.25) is 0 Å². The van der Waals surface area contributed by atoms with Crippen molar-refractivity contribution in [3.05, 3.63) is 45.6 Å². The number of amides is 1. The van der Waals surface area contributed by atoms with Crippen LogP contribution in [0.5, 0.6) is 0 Å². The Labute approximate surface area is 145 Å². The van der Waals surface area contributed by atoms with Gasteiger partial charge in [0.25, 0.3) is 5.91 Å². The van der Waals surface area contributed by atoms with Crippen molar-refractivity contribution in [3.8, 4) is 0 Å². The van der Waals surface area contributed by atoms with Crippen LogP contribution in [0.4, 0.5) is 11.4 Å². The topological polar surface area (TPSA) is 58.6 Å². The van der Waals surface area contributed by atoms with Gasteiger partial charge in [0.1, 0.15) is 4.88 Å². The highest BCUT2D eigenvalue weighted by Gasteiger charge is 2.19. The monoisotopic (exact) mass is 344 g/mol. The summed E-state index contributed by atoms with van der Waals surface area (Å²) in [4.78, 5) is 27.8. The van der Waals surface area contributed by atoms with Gasteiger partial charge in [-0.25, -0.2) is 4.79 Å². The van der Waals surface area contributed by atoms with Crippen molar-refractivity contribution in [2.45, 2.75) is 19.3 Å². The van der Waals surface area contributed by atoms with Gasteiger partial charge in [0.05, 0.1) is 0 Å². The van der Waals surface area contributed by atoms with Gasteiger partial charge in [-0.05, 0) is 55.2 Å². The lowest BCUT2D eigenvalue weighted by Crippen LogP contribution is -2.20. The molecule has 0 aliphatic heterocycles. The minimum absolute atomic E-state index is 0.281. The molecule has 6 heteroatoms. The molecule has 0 atom stereocenters. The van der Waals surface area contributed by atoms with Crippen LogP contribution >= 0.6 is 11.3 Å². The molecule has 0 spiro atoms. The molecule has 1 aromatic heterocycles. The maximum absolute atomic E-state index is 12.0. The molecule has 1 aliphatic rings. The minimum atomic E-state index is -0.424. The molecular weight excluding hydrogens is 324 g/mol. The number of hydrogen-bond acceptors (Lipinski definition) is 5. The number of carbonyl (C=O) groups excluding carboxylic acids is 2. The van der Waals surface area contributed by atoms with Crippen LogP contribution in [-0.2, 0) is 22.4 Å². The van der Waals surface area contributed by atoms with Gasteiger partial charge < -0.3 is 15.0 Å². The summed E-state index contributed by atoms with van der Waals surface area (Å²) in [5.74, 6) is -0.766. The van der Waals surface area contributed by atoms with E-state index in [1.54, 1.807) is 0 Å². The fourth-order valence-corrected chi connectivity index (χ4v) is 3.82. The van der Waals surface area contributed by atoms with Crippen molar-refractivity contribution >= 4 is 34.6 Å². The summed E-state index contributed by atoms with van der Waals surface area (Å²) in [7, 11) is 3.90. The quantitative estimate of drug-likeness (QED) is 0.847. The molecular formula is C18H20N2O3S. The lowest BCUT2D eigenvalue weighted by molar-refractivity contribution is -0.119. The molecule has 1 heterocycles. The normalized spacial score (nSPS) is 12.6. The number of benzene rings is 1. The van der Waals surface area contributed by atoms with E-state index in [2.05, 4.69) is 5.32 Å². The van der Waals surface area contributed by atoms with Gasteiger partial charge in [-0.15, -0.1) is 11.3 Å². The number of esters is 1. The number of carbonyl (C=O) groups is 2. The predicted molar refractivity (Wildman–Crippen MR) is 96.0 cm³/mol. The Kier molecular flexibility index (Phi) is 4.85. The smallest absolute Gasteiger partial charge is 0.348 e. The fourth-order valence-electron chi connectivity index (χ4n) is 2.67. The summed E-state index contributed by atoms with van der Waals surface area (Å²) in [6.07, 6.45) is 3.23. The van der Waals surface area contributed by atoms with Crippen LogP contribution in [0.15, 0.2) is 30.3 Å². The fraction of sp³-hybridized carbons (Fsp3) is 0.333. The van der Waals surface area contributed by atoms with E-state index in [1.165, 1.54) is 21.8 Å². The zero-order chi connectivity index (χ0) is 17.1. The number of thiophene rings is 1. The summed E-state index contributed by atoms with van der Waals surface area (Å²) in [6, 6.07) is 9.36. The lowest BCUT2D eigenvalue weighted by Gasteiger charge is -2.13. The molecule has 1 N–H and O–H groups in total. The van der Waals surface area contributed by atoms with Crippen LogP contribution in [0.25, 0.3) is 0 Å². The van der Waals surface area contributed by atoms with Gasteiger partial charge in [-0.3, -0.25) is 4.79 Å². The van der Waals surface area contributed by atoms with Crippen LogP contribution in [0.1, 0.15) is 26.5 Å². The molecule has 0 radical (unpaired) electrons. The van der Waals surface area contributed by atoms with E-state index in [-0.39, 0.29) is 12.5 Å². The first-order valence-electron chi connectivity index (χ1n) is 7.89. The number of aryl methyl sites for hydroxylation is 2. The van der Waals surface area contributed by atoms with Gasteiger partial charge in [-0.1, -0.05) is 0 Å². The van der Waals surface area contributed by atoms with Gasteiger partial charge in [0.15, 0.2) is 6.61 Å². The third-order valence-corrected chi connectivity index (χ3v) is 5.17. The molecule has 126 valence electrons. The van der Waals surface area contributed by atoms with Crippen LogP contribution in [0.3, 0.4) is 0 Å². The summed E-state index contributed by atoms with van der Waals surface area (Å²) >= 11 is 1.48. The highest BCUT2D eigenvalue weighted by Crippen LogP contribution is 2.30. The standard InChI is InChI=1S/C18H20N2O3S/c1-20(2)14-8-6-13(7-9-14)19-17(21)11-23-18(22)16-10-12-4-3-5-15(12)24-16/h6-10H,3-5,11H2,1-2H3,(H,19,21). The van der Waals surface area contributed by atoms with Crippen molar-refractivity contribution in [1.29, 1.82) is 0 Å². The Hall–Kier alpha value is -2.34. The Morgan fingerprint density at radius 2 is 1.96 bits per heavy atom. The number of fused-ring (bicyclic) bond motifs is 1. The molecule has 0 unspecified atom stereocenters. The van der Waals surface area contributed by atoms with Crippen molar-refractivity contribution in [2.24, 2.45) is 0 Å². The van der Waals surface area contributed by atoms with E-state index in [9.17, 15) is 9.59 Å². The Morgan fingerprint density at radius 3 is 2.62 bits per heavy atom. The van der Waals surface area contributed by atoms with Crippen molar-refractivity contribution in [1.82, 2.24) is 0 Å². The number of nitrogens with zero attached hydrogens (tertiary/aromatic N) is 1. The first kappa shape index (κ1) is 16.5. The van der Waals surface area contributed by atoms with E-state index in [4.69, 9.17) is 4.74 Å². The van der Waals surface area contributed by atoms with Crippen molar-refractivity contribution in [2.75, 3.05) is 30.9 Å². The van der Waals surface area contributed by atoms with Gasteiger partial charge in [0, 0.05) is 30.3 Å². The Balaban J connectivity index is 1.50. The highest BCUT2D eigenvalue weighted by molar-refractivity contribution is 7.14. The number of anilines is 2. The first-order chi connectivity index (χ1) is 11.5. The molecule has 0 saturated carbocycles. The molecule has 1 aliphatic carbocycles. The van der Waals surface area contributed by atoms with Gasteiger partial charge >= 0.3 is 5.97 Å².